The Morgan fingerprint density at radius 2 is 1.68 bits per heavy atom. The minimum absolute atomic E-state index is 0.0203. The van der Waals surface area contributed by atoms with E-state index in [-0.39, 0.29) is 5.91 Å². The molecule has 2 aromatic rings. The van der Waals surface area contributed by atoms with Crippen molar-refractivity contribution in [2.45, 2.75) is 58.9 Å². The van der Waals surface area contributed by atoms with Gasteiger partial charge in [-0.15, -0.1) is 0 Å². The molecule has 0 N–H and O–H groups in total. The van der Waals surface area contributed by atoms with Crippen molar-refractivity contribution >= 4 is 15.9 Å². The van der Waals surface area contributed by atoms with Gasteiger partial charge in [-0.25, -0.2) is 8.42 Å². The van der Waals surface area contributed by atoms with Crippen LogP contribution < -0.4 is 0 Å². The molecule has 0 aliphatic carbocycles. The van der Waals surface area contributed by atoms with Gasteiger partial charge in [0.2, 0.25) is 10.0 Å². The SMILES string of the molecule is CCN(CC)C(=O)c1ccc(Cn2nc(C)c(S(=O)(=O)N3CCC(C)CC3)c2C)cc1. The van der Waals surface area contributed by atoms with E-state index in [9.17, 15) is 13.2 Å². The fourth-order valence-corrected chi connectivity index (χ4v) is 6.02. The number of hydrogen-bond acceptors (Lipinski definition) is 4. The summed E-state index contributed by atoms with van der Waals surface area (Å²) in [7, 11) is -3.55. The van der Waals surface area contributed by atoms with Crippen molar-refractivity contribution in [3.05, 3.63) is 46.8 Å². The van der Waals surface area contributed by atoms with Crippen LogP contribution in [0.25, 0.3) is 0 Å². The fraction of sp³-hybridized carbons (Fsp3) is 0.565. The maximum Gasteiger partial charge on any atom is 0.253 e. The Morgan fingerprint density at radius 3 is 2.23 bits per heavy atom. The Hall–Kier alpha value is -2.19. The van der Waals surface area contributed by atoms with Crippen LogP contribution in [0.1, 0.15) is 60.9 Å². The number of carbonyl (C=O) groups excluding carboxylic acids is 1. The van der Waals surface area contributed by atoms with Crippen molar-refractivity contribution in [2.75, 3.05) is 26.2 Å². The second kappa shape index (κ2) is 9.53. The number of sulfonamides is 1. The van der Waals surface area contributed by atoms with Crippen LogP contribution in [0.2, 0.25) is 0 Å². The van der Waals surface area contributed by atoms with Crippen LogP contribution in [0.3, 0.4) is 0 Å². The van der Waals surface area contributed by atoms with Crippen LogP contribution in [-0.4, -0.2) is 59.5 Å². The first-order valence-corrected chi connectivity index (χ1v) is 12.5. The Balaban J connectivity index is 1.80. The van der Waals surface area contributed by atoms with Gasteiger partial charge >= 0.3 is 0 Å². The van der Waals surface area contributed by atoms with E-state index in [0.717, 1.165) is 18.4 Å². The third-order valence-electron chi connectivity index (χ3n) is 6.24. The van der Waals surface area contributed by atoms with E-state index in [1.807, 2.05) is 45.0 Å². The van der Waals surface area contributed by atoms with Crippen molar-refractivity contribution in [1.29, 1.82) is 0 Å². The van der Waals surface area contributed by atoms with Crippen LogP contribution in [0.5, 0.6) is 0 Å². The van der Waals surface area contributed by atoms with Crippen molar-refractivity contribution in [3.8, 4) is 0 Å². The highest BCUT2D eigenvalue weighted by Gasteiger charge is 2.33. The number of aromatic nitrogens is 2. The molecule has 1 aromatic carbocycles. The van der Waals surface area contributed by atoms with Crippen molar-refractivity contribution in [3.63, 3.8) is 0 Å². The van der Waals surface area contributed by atoms with E-state index in [1.165, 1.54) is 0 Å². The molecular weight excluding hydrogens is 412 g/mol. The van der Waals surface area contributed by atoms with Crippen molar-refractivity contribution in [1.82, 2.24) is 19.0 Å². The second-order valence-corrected chi connectivity index (χ2v) is 10.3. The number of carbonyl (C=O) groups is 1. The first-order chi connectivity index (χ1) is 14.7. The molecule has 31 heavy (non-hydrogen) atoms. The maximum absolute atomic E-state index is 13.3. The highest BCUT2D eigenvalue weighted by Crippen LogP contribution is 2.28. The zero-order valence-electron chi connectivity index (χ0n) is 19.3. The van der Waals surface area contributed by atoms with E-state index < -0.39 is 10.0 Å². The number of nitrogens with zero attached hydrogens (tertiary/aromatic N) is 4. The van der Waals surface area contributed by atoms with Crippen LogP contribution in [0, 0.1) is 19.8 Å². The lowest BCUT2D eigenvalue weighted by molar-refractivity contribution is 0.0773. The van der Waals surface area contributed by atoms with E-state index in [0.29, 0.717) is 60.5 Å². The topological polar surface area (TPSA) is 75.5 Å². The predicted octanol–water partition coefficient (Wildman–Crippen LogP) is 3.45. The fourth-order valence-electron chi connectivity index (χ4n) is 4.18. The molecule has 1 aliphatic rings. The van der Waals surface area contributed by atoms with Gasteiger partial charge in [0.15, 0.2) is 0 Å². The summed E-state index contributed by atoms with van der Waals surface area (Å²) in [5, 5.41) is 4.53. The minimum atomic E-state index is -3.55. The standard InChI is InChI=1S/C23H34N4O3S/c1-6-25(7-2)23(28)21-10-8-20(9-11-21)16-27-19(5)22(18(4)24-27)31(29,30)26-14-12-17(3)13-15-26/h8-11,17H,6-7,12-16H2,1-5H3. The highest BCUT2D eigenvalue weighted by molar-refractivity contribution is 7.89. The second-order valence-electron chi connectivity index (χ2n) is 8.42. The van der Waals surface area contributed by atoms with Gasteiger partial charge in [0.1, 0.15) is 4.90 Å². The molecule has 0 saturated carbocycles. The Morgan fingerprint density at radius 1 is 1.10 bits per heavy atom. The number of piperidine rings is 1. The largest absolute Gasteiger partial charge is 0.339 e. The van der Waals surface area contributed by atoms with E-state index in [4.69, 9.17) is 0 Å². The summed E-state index contributed by atoms with van der Waals surface area (Å²) in [4.78, 5) is 14.6. The summed E-state index contributed by atoms with van der Waals surface area (Å²) in [5.41, 5.74) is 2.81. The van der Waals surface area contributed by atoms with Crippen LogP contribution in [-0.2, 0) is 16.6 Å². The molecule has 1 aliphatic heterocycles. The van der Waals surface area contributed by atoms with Gasteiger partial charge in [0.25, 0.3) is 5.91 Å². The molecule has 0 unspecified atom stereocenters. The van der Waals surface area contributed by atoms with Crippen molar-refractivity contribution < 1.29 is 13.2 Å². The lowest BCUT2D eigenvalue weighted by Gasteiger charge is -2.29. The summed E-state index contributed by atoms with van der Waals surface area (Å²) in [5.74, 6) is 0.583. The maximum atomic E-state index is 13.3. The molecule has 1 fully saturated rings. The molecule has 0 spiro atoms. The molecule has 8 heteroatoms. The first kappa shape index (κ1) is 23.5. The molecule has 0 atom stereocenters. The van der Waals surface area contributed by atoms with Crippen LogP contribution in [0.4, 0.5) is 0 Å². The lowest BCUT2D eigenvalue weighted by Crippen LogP contribution is -2.38. The zero-order chi connectivity index (χ0) is 22.8. The smallest absolute Gasteiger partial charge is 0.253 e. The molecule has 7 nitrogen and oxygen atoms in total. The number of rotatable bonds is 7. The van der Waals surface area contributed by atoms with Gasteiger partial charge in [0.05, 0.1) is 17.9 Å². The third-order valence-corrected chi connectivity index (χ3v) is 8.39. The average Bonchev–Trinajstić information content (AvgIpc) is 3.03. The summed E-state index contributed by atoms with van der Waals surface area (Å²) in [6.07, 6.45) is 1.79. The number of benzene rings is 1. The van der Waals surface area contributed by atoms with E-state index >= 15 is 0 Å². The van der Waals surface area contributed by atoms with Gasteiger partial charge in [0, 0.05) is 31.7 Å². The summed E-state index contributed by atoms with van der Waals surface area (Å²) < 4.78 is 29.9. The molecule has 0 radical (unpaired) electrons. The summed E-state index contributed by atoms with van der Waals surface area (Å²) in [6, 6.07) is 7.48. The Kier molecular flexibility index (Phi) is 7.21. The van der Waals surface area contributed by atoms with Gasteiger partial charge < -0.3 is 4.90 Å². The molecule has 2 heterocycles. The van der Waals surface area contributed by atoms with Gasteiger partial charge in [-0.2, -0.15) is 9.40 Å². The monoisotopic (exact) mass is 446 g/mol. The molecule has 170 valence electrons. The first-order valence-electron chi connectivity index (χ1n) is 11.1. The molecular formula is C23H34N4O3S. The van der Waals surface area contributed by atoms with Crippen molar-refractivity contribution in [2.24, 2.45) is 5.92 Å². The molecule has 1 saturated heterocycles. The number of amides is 1. The minimum Gasteiger partial charge on any atom is -0.339 e. The lowest BCUT2D eigenvalue weighted by atomic mass is 10.0. The Labute approximate surface area is 186 Å². The quantitative estimate of drug-likeness (QED) is 0.653. The van der Waals surface area contributed by atoms with Gasteiger partial charge in [-0.3, -0.25) is 9.48 Å². The summed E-state index contributed by atoms with van der Waals surface area (Å²) >= 11 is 0. The Bertz CT molecular complexity index is 1020. The van der Waals surface area contributed by atoms with Gasteiger partial charge in [-0.05, 0) is 64.2 Å². The summed E-state index contributed by atoms with van der Waals surface area (Å²) in [6.45, 7) is 12.6. The zero-order valence-corrected chi connectivity index (χ0v) is 20.1. The third kappa shape index (κ3) is 4.85. The molecule has 1 aromatic heterocycles. The van der Waals surface area contributed by atoms with Crippen LogP contribution >= 0.6 is 0 Å². The van der Waals surface area contributed by atoms with Crippen LogP contribution in [0.15, 0.2) is 29.2 Å². The molecule has 1 amide bonds. The van der Waals surface area contributed by atoms with Gasteiger partial charge in [-0.1, -0.05) is 19.1 Å². The predicted molar refractivity (Wildman–Crippen MR) is 122 cm³/mol. The number of aryl methyl sites for hydroxylation is 1. The van der Waals surface area contributed by atoms with E-state index in [2.05, 4.69) is 12.0 Å². The normalized spacial score (nSPS) is 15.9. The molecule has 3 rings (SSSR count). The average molecular weight is 447 g/mol. The molecule has 0 bridgehead atoms. The van der Waals surface area contributed by atoms with E-state index in [1.54, 1.807) is 20.8 Å². The highest BCUT2D eigenvalue weighted by atomic mass is 32.2. The number of hydrogen-bond donors (Lipinski definition) is 0.